The van der Waals surface area contributed by atoms with Crippen molar-refractivity contribution in [1.29, 1.82) is 0 Å². The SMILES string of the molecule is CCNC(=O)NC1(C2CNCCC2(C)C(=O)O)N=CC=CN1c1cc(-c2cnc(OCC)s2)c2scnc2c1. The van der Waals surface area contributed by atoms with Crippen LogP contribution in [-0.2, 0) is 4.79 Å². The average Bonchev–Trinajstić information content (AvgIpc) is 3.58. The Morgan fingerprint density at radius 2 is 2.15 bits per heavy atom. The molecule has 0 bridgehead atoms. The predicted molar refractivity (Wildman–Crippen MR) is 154 cm³/mol. The van der Waals surface area contributed by atoms with Crippen LogP contribution in [0, 0.1) is 11.3 Å². The highest BCUT2D eigenvalue weighted by Crippen LogP contribution is 2.47. The van der Waals surface area contributed by atoms with Crippen LogP contribution < -0.4 is 25.6 Å². The number of ether oxygens (including phenoxy) is 1. The molecule has 2 aromatic heterocycles. The molecule has 4 heterocycles. The van der Waals surface area contributed by atoms with Crippen molar-refractivity contribution in [2.24, 2.45) is 16.3 Å². The number of amides is 2. The maximum absolute atomic E-state index is 13.1. The molecule has 0 aliphatic carbocycles. The van der Waals surface area contributed by atoms with Crippen molar-refractivity contribution in [3.05, 3.63) is 36.1 Å². The summed E-state index contributed by atoms with van der Waals surface area (Å²) in [5.74, 6) is -2.98. The summed E-state index contributed by atoms with van der Waals surface area (Å²) >= 11 is 2.97. The van der Waals surface area contributed by atoms with Gasteiger partial charge in [0.15, 0.2) is 0 Å². The number of hydrogen-bond donors (Lipinski definition) is 4. The molecule has 2 amide bonds. The van der Waals surface area contributed by atoms with Crippen molar-refractivity contribution in [3.63, 3.8) is 0 Å². The molecule has 4 N–H and O–H groups in total. The van der Waals surface area contributed by atoms with E-state index < -0.39 is 29.1 Å². The maximum Gasteiger partial charge on any atom is 0.318 e. The molecule has 11 nitrogen and oxygen atoms in total. The third-order valence-electron chi connectivity index (χ3n) is 7.22. The minimum Gasteiger partial charge on any atom is -0.481 e. The molecule has 0 spiro atoms. The number of fused-ring (bicyclic) bond motifs is 1. The molecule has 5 rings (SSSR count). The molecular formula is C26H31N7O4S2. The molecule has 39 heavy (non-hydrogen) atoms. The normalized spacial score (nSPS) is 24.6. The van der Waals surface area contributed by atoms with E-state index in [-0.39, 0.29) is 0 Å². The van der Waals surface area contributed by atoms with Gasteiger partial charge in [0.25, 0.3) is 5.19 Å². The summed E-state index contributed by atoms with van der Waals surface area (Å²) in [6.45, 7) is 7.29. The number of thiazole rings is 2. The number of aromatic nitrogens is 2. The number of anilines is 1. The van der Waals surface area contributed by atoms with Gasteiger partial charge in [-0.1, -0.05) is 11.3 Å². The molecule has 2 aliphatic heterocycles. The van der Waals surface area contributed by atoms with Crippen LogP contribution in [0.3, 0.4) is 0 Å². The molecule has 3 aromatic rings. The second kappa shape index (κ2) is 10.9. The zero-order chi connectivity index (χ0) is 27.6. The van der Waals surface area contributed by atoms with Gasteiger partial charge in [0.1, 0.15) is 0 Å². The van der Waals surface area contributed by atoms with Crippen LogP contribution in [0.25, 0.3) is 20.7 Å². The number of carboxylic acids is 1. The van der Waals surface area contributed by atoms with Crippen LogP contribution in [0.4, 0.5) is 10.5 Å². The third-order valence-corrected chi connectivity index (χ3v) is 9.04. The van der Waals surface area contributed by atoms with Crippen LogP contribution in [0.5, 0.6) is 5.19 Å². The summed E-state index contributed by atoms with van der Waals surface area (Å²) in [4.78, 5) is 42.4. The molecule has 2 aliphatic rings. The lowest BCUT2D eigenvalue weighted by atomic mass is 9.68. The molecule has 1 saturated heterocycles. The first kappa shape index (κ1) is 27.0. The Balaban J connectivity index is 1.69. The van der Waals surface area contributed by atoms with Crippen molar-refractivity contribution in [3.8, 4) is 15.6 Å². The Kier molecular flexibility index (Phi) is 7.56. The Labute approximate surface area is 234 Å². The van der Waals surface area contributed by atoms with Gasteiger partial charge in [-0.2, -0.15) is 0 Å². The van der Waals surface area contributed by atoms with Gasteiger partial charge in [0, 0.05) is 43.0 Å². The van der Waals surface area contributed by atoms with Crippen molar-refractivity contribution in [1.82, 2.24) is 25.9 Å². The fraction of sp³-hybridized carbons (Fsp3) is 0.423. The van der Waals surface area contributed by atoms with Gasteiger partial charge < -0.3 is 25.4 Å². The monoisotopic (exact) mass is 569 g/mol. The van der Waals surface area contributed by atoms with Crippen LogP contribution in [0.2, 0.25) is 0 Å². The fourth-order valence-electron chi connectivity index (χ4n) is 5.23. The van der Waals surface area contributed by atoms with Gasteiger partial charge in [0.2, 0.25) is 5.79 Å². The van der Waals surface area contributed by atoms with E-state index in [1.807, 2.05) is 37.1 Å². The number of carboxylic acid groups (broad SMARTS) is 1. The average molecular weight is 570 g/mol. The minimum absolute atomic E-state index is 0.343. The lowest BCUT2D eigenvalue weighted by Crippen LogP contribution is -2.71. The first-order chi connectivity index (χ1) is 18.8. The first-order valence-corrected chi connectivity index (χ1v) is 14.5. The van der Waals surface area contributed by atoms with Gasteiger partial charge in [-0.05, 0) is 51.9 Å². The van der Waals surface area contributed by atoms with Crippen molar-refractivity contribution < 1.29 is 19.4 Å². The van der Waals surface area contributed by atoms with E-state index in [1.54, 1.807) is 30.9 Å². The Hall–Kier alpha value is -3.55. The van der Waals surface area contributed by atoms with Crippen molar-refractivity contribution in [2.75, 3.05) is 31.1 Å². The highest BCUT2D eigenvalue weighted by molar-refractivity contribution is 7.19. The number of hydrogen-bond acceptors (Lipinski definition) is 10. The summed E-state index contributed by atoms with van der Waals surface area (Å²) in [6.07, 6.45) is 7.38. The maximum atomic E-state index is 13.1. The highest BCUT2D eigenvalue weighted by atomic mass is 32.1. The van der Waals surface area contributed by atoms with Gasteiger partial charge in [-0.15, -0.1) is 11.3 Å². The van der Waals surface area contributed by atoms with Crippen LogP contribution >= 0.6 is 22.7 Å². The second-order valence-electron chi connectivity index (χ2n) is 9.55. The van der Waals surface area contributed by atoms with E-state index >= 15 is 0 Å². The van der Waals surface area contributed by atoms with E-state index in [0.29, 0.717) is 43.5 Å². The predicted octanol–water partition coefficient (Wildman–Crippen LogP) is 3.90. The van der Waals surface area contributed by atoms with Gasteiger partial charge >= 0.3 is 12.0 Å². The van der Waals surface area contributed by atoms with E-state index in [0.717, 1.165) is 20.7 Å². The van der Waals surface area contributed by atoms with Crippen molar-refractivity contribution in [2.45, 2.75) is 33.0 Å². The molecular weight excluding hydrogens is 538 g/mol. The summed E-state index contributed by atoms with van der Waals surface area (Å²) in [6, 6.07) is 3.51. The number of piperidine rings is 1. The number of allylic oxidation sites excluding steroid dienone is 1. The number of carbonyl (C=O) groups is 2. The fourth-order valence-corrected chi connectivity index (χ4v) is 6.95. The number of aliphatic carboxylic acids is 1. The number of urea groups is 1. The van der Waals surface area contributed by atoms with Crippen molar-refractivity contribution >= 4 is 56.8 Å². The van der Waals surface area contributed by atoms with E-state index in [9.17, 15) is 14.7 Å². The van der Waals surface area contributed by atoms with Gasteiger partial charge in [-0.3, -0.25) is 10.1 Å². The molecule has 0 saturated carbocycles. The molecule has 1 fully saturated rings. The number of carbonyl (C=O) groups excluding carboxylic acids is 1. The van der Waals surface area contributed by atoms with E-state index in [1.165, 1.54) is 22.7 Å². The first-order valence-electron chi connectivity index (χ1n) is 12.8. The van der Waals surface area contributed by atoms with Gasteiger partial charge in [-0.25, -0.2) is 19.8 Å². The van der Waals surface area contributed by atoms with Crippen LogP contribution in [0.1, 0.15) is 27.2 Å². The summed E-state index contributed by atoms with van der Waals surface area (Å²) < 4.78 is 6.60. The molecule has 3 unspecified atom stereocenters. The topological polar surface area (TPSA) is 141 Å². The standard InChI is InChI=1S/C26H31N7O4S2/c1-4-28-23(36)32-26(20-14-27-9-7-25(20,3)22(34)35)31-8-6-10-33(26)16-11-17(21-18(12-16)30-15-38-21)19-13-29-24(39-19)37-5-2/h6,8,10-13,15,20,27H,4-5,7,9,14H2,1-3H3,(H,34,35)(H2,28,32,36). The Morgan fingerprint density at radius 1 is 1.31 bits per heavy atom. The van der Waals surface area contributed by atoms with Crippen LogP contribution in [-0.4, -0.2) is 65.3 Å². The lowest BCUT2D eigenvalue weighted by molar-refractivity contribution is -0.155. The molecule has 13 heteroatoms. The number of rotatable bonds is 8. The number of nitrogens with zero attached hydrogens (tertiary/aromatic N) is 4. The number of aliphatic imine (C=N–C) groups is 1. The highest BCUT2D eigenvalue weighted by Gasteiger charge is 2.57. The summed E-state index contributed by atoms with van der Waals surface area (Å²) in [5, 5.41) is 20.1. The quantitative estimate of drug-likeness (QED) is 0.320. The smallest absolute Gasteiger partial charge is 0.318 e. The second-order valence-corrected chi connectivity index (χ2v) is 11.4. The third kappa shape index (κ3) is 4.85. The van der Waals surface area contributed by atoms with Gasteiger partial charge in [0.05, 0.1) is 38.5 Å². The largest absolute Gasteiger partial charge is 0.481 e. The number of benzene rings is 1. The zero-order valence-electron chi connectivity index (χ0n) is 21.9. The molecule has 3 atom stereocenters. The minimum atomic E-state index is -1.43. The molecule has 206 valence electrons. The number of nitrogens with one attached hydrogen (secondary N) is 3. The van der Waals surface area contributed by atoms with E-state index in [2.05, 4.69) is 25.9 Å². The lowest BCUT2D eigenvalue weighted by Gasteiger charge is -2.52. The summed E-state index contributed by atoms with van der Waals surface area (Å²) in [5.41, 5.74) is 3.03. The molecule has 0 radical (unpaired) electrons. The molecule has 1 aromatic carbocycles. The van der Waals surface area contributed by atoms with Crippen LogP contribution in [0.15, 0.2) is 41.1 Å². The summed E-state index contributed by atoms with van der Waals surface area (Å²) in [7, 11) is 0. The van der Waals surface area contributed by atoms with E-state index in [4.69, 9.17) is 9.73 Å². The zero-order valence-corrected chi connectivity index (χ0v) is 23.6. The Bertz CT molecular complexity index is 1440. The Morgan fingerprint density at radius 3 is 2.92 bits per heavy atom.